The molecule has 0 aliphatic carbocycles. The number of nitrogens with zero attached hydrogens (tertiary/aromatic N) is 2. The van der Waals surface area contributed by atoms with Crippen molar-refractivity contribution < 1.29 is 19.1 Å². The minimum atomic E-state index is -0.294. The molecule has 6 heteroatoms. The lowest BCUT2D eigenvalue weighted by Gasteiger charge is -2.33. The van der Waals surface area contributed by atoms with E-state index in [9.17, 15) is 9.59 Å². The molecule has 0 radical (unpaired) electrons. The average Bonchev–Trinajstić information content (AvgIpc) is 3.01. The summed E-state index contributed by atoms with van der Waals surface area (Å²) in [5.41, 5.74) is 0. The number of carbonyl (C=O) groups excluding carboxylic acids is 2. The first kappa shape index (κ1) is 15.6. The zero-order valence-electron chi connectivity index (χ0n) is 12.3. The first-order valence-electron chi connectivity index (χ1n) is 7.29. The van der Waals surface area contributed by atoms with E-state index in [1.54, 1.807) is 24.1 Å². The fourth-order valence-electron chi connectivity index (χ4n) is 2.67. The summed E-state index contributed by atoms with van der Waals surface area (Å²) in [7, 11) is 1.60. The second kappa shape index (κ2) is 7.26. The molecule has 1 aliphatic heterocycles. The van der Waals surface area contributed by atoms with Crippen LogP contribution in [0.1, 0.15) is 29.8 Å². The van der Waals surface area contributed by atoms with E-state index >= 15 is 0 Å². The van der Waals surface area contributed by atoms with Gasteiger partial charge in [0.2, 0.25) is 5.91 Å². The Morgan fingerprint density at radius 1 is 1.52 bits per heavy atom. The third-order valence-electron chi connectivity index (χ3n) is 3.86. The van der Waals surface area contributed by atoms with Crippen molar-refractivity contribution >= 4 is 11.8 Å². The van der Waals surface area contributed by atoms with Gasteiger partial charge in [-0.05, 0) is 37.3 Å². The molecule has 1 aromatic rings. The Morgan fingerprint density at radius 3 is 3.00 bits per heavy atom. The van der Waals surface area contributed by atoms with Crippen molar-refractivity contribution in [1.82, 2.24) is 9.80 Å². The predicted octanol–water partition coefficient (Wildman–Crippen LogP) is 0.973. The summed E-state index contributed by atoms with van der Waals surface area (Å²) in [6, 6.07) is 3.23. The fraction of sp³-hybridized carbons (Fsp3) is 0.600. The van der Waals surface area contributed by atoms with Crippen LogP contribution in [0.15, 0.2) is 22.8 Å². The summed E-state index contributed by atoms with van der Waals surface area (Å²) in [5, 5.41) is 9.00. The first-order chi connectivity index (χ1) is 10.1. The van der Waals surface area contributed by atoms with E-state index in [0.29, 0.717) is 12.5 Å². The monoisotopic (exact) mass is 294 g/mol. The summed E-state index contributed by atoms with van der Waals surface area (Å²) in [5.74, 6) is 0.248. The number of carbonyl (C=O) groups is 2. The standard InChI is InChI=1S/C15H22N2O4/c1-16(15(20)13-5-3-9-21-13)11-14(19)17-7-2-4-12(10-17)6-8-18/h3,5,9,12,18H,2,4,6-8,10-11H2,1H3. The lowest BCUT2D eigenvalue weighted by atomic mass is 9.95. The van der Waals surface area contributed by atoms with Crippen LogP contribution in [0.2, 0.25) is 0 Å². The van der Waals surface area contributed by atoms with E-state index in [-0.39, 0.29) is 30.7 Å². The number of likely N-dealkylation sites (N-methyl/N-ethyl adjacent to an activating group) is 1. The van der Waals surface area contributed by atoms with Crippen LogP contribution in [0.3, 0.4) is 0 Å². The molecule has 2 amide bonds. The Bertz CT molecular complexity index is 470. The number of aliphatic hydroxyl groups is 1. The lowest BCUT2D eigenvalue weighted by molar-refractivity contribution is -0.133. The van der Waals surface area contributed by atoms with Crippen LogP contribution >= 0.6 is 0 Å². The van der Waals surface area contributed by atoms with Crippen LogP contribution in [0.5, 0.6) is 0 Å². The van der Waals surface area contributed by atoms with E-state index in [0.717, 1.165) is 25.8 Å². The third kappa shape index (κ3) is 4.07. The molecular weight excluding hydrogens is 272 g/mol. The molecule has 1 N–H and O–H groups in total. The first-order valence-corrected chi connectivity index (χ1v) is 7.29. The molecule has 116 valence electrons. The average molecular weight is 294 g/mol. The normalized spacial score (nSPS) is 18.6. The zero-order chi connectivity index (χ0) is 15.2. The SMILES string of the molecule is CN(CC(=O)N1CCCC(CCO)C1)C(=O)c1ccco1. The maximum atomic E-state index is 12.3. The highest BCUT2D eigenvalue weighted by atomic mass is 16.3. The van der Waals surface area contributed by atoms with Gasteiger partial charge in [0, 0.05) is 26.7 Å². The molecular formula is C15H22N2O4. The van der Waals surface area contributed by atoms with Crippen LogP contribution in [-0.4, -0.2) is 60.0 Å². The van der Waals surface area contributed by atoms with Crippen LogP contribution in [0.25, 0.3) is 0 Å². The third-order valence-corrected chi connectivity index (χ3v) is 3.86. The summed E-state index contributed by atoms with van der Waals surface area (Å²) >= 11 is 0. The number of furan rings is 1. The second-order valence-electron chi connectivity index (χ2n) is 5.50. The molecule has 1 fully saturated rings. The number of aliphatic hydroxyl groups excluding tert-OH is 1. The van der Waals surface area contributed by atoms with Crippen molar-refractivity contribution in [3.63, 3.8) is 0 Å². The van der Waals surface area contributed by atoms with Gasteiger partial charge in [-0.25, -0.2) is 0 Å². The van der Waals surface area contributed by atoms with Crippen LogP contribution < -0.4 is 0 Å². The smallest absolute Gasteiger partial charge is 0.289 e. The number of piperidine rings is 1. The van der Waals surface area contributed by atoms with Crippen LogP contribution in [-0.2, 0) is 4.79 Å². The zero-order valence-corrected chi connectivity index (χ0v) is 12.3. The number of rotatable bonds is 5. The van der Waals surface area contributed by atoms with Crippen LogP contribution in [0.4, 0.5) is 0 Å². The van der Waals surface area contributed by atoms with E-state index in [1.807, 2.05) is 0 Å². The molecule has 1 atom stereocenters. The van der Waals surface area contributed by atoms with E-state index in [4.69, 9.17) is 9.52 Å². The number of hydrogen-bond donors (Lipinski definition) is 1. The highest BCUT2D eigenvalue weighted by Gasteiger charge is 2.25. The topological polar surface area (TPSA) is 74.0 Å². The van der Waals surface area contributed by atoms with Crippen molar-refractivity contribution in [3.05, 3.63) is 24.2 Å². The highest BCUT2D eigenvalue weighted by molar-refractivity contribution is 5.94. The van der Waals surface area contributed by atoms with Crippen molar-refractivity contribution in [2.24, 2.45) is 5.92 Å². The molecule has 0 aromatic carbocycles. The lowest BCUT2D eigenvalue weighted by Crippen LogP contribution is -2.45. The van der Waals surface area contributed by atoms with Gasteiger partial charge in [0.05, 0.1) is 12.8 Å². The van der Waals surface area contributed by atoms with Gasteiger partial charge in [0.15, 0.2) is 5.76 Å². The molecule has 1 saturated heterocycles. The Hall–Kier alpha value is -1.82. The molecule has 6 nitrogen and oxygen atoms in total. The summed E-state index contributed by atoms with van der Waals surface area (Å²) in [4.78, 5) is 27.4. The molecule has 1 unspecified atom stereocenters. The van der Waals surface area contributed by atoms with Crippen molar-refractivity contribution in [3.8, 4) is 0 Å². The van der Waals surface area contributed by atoms with Gasteiger partial charge >= 0.3 is 0 Å². The van der Waals surface area contributed by atoms with Crippen molar-refractivity contribution in [1.29, 1.82) is 0 Å². The van der Waals surface area contributed by atoms with Crippen molar-refractivity contribution in [2.45, 2.75) is 19.3 Å². The molecule has 0 saturated carbocycles. The van der Waals surface area contributed by atoms with Gasteiger partial charge in [-0.1, -0.05) is 0 Å². The van der Waals surface area contributed by atoms with E-state index in [1.165, 1.54) is 11.2 Å². The van der Waals surface area contributed by atoms with E-state index < -0.39 is 0 Å². The largest absolute Gasteiger partial charge is 0.459 e. The molecule has 0 bridgehead atoms. The maximum Gasteiger partial charge on any atom is 0.289 e. The molecule has 2 rings (SSSR count). The molecule has 1 aliphatic rings. The Labute approximate surface area is 124 Å². The minimum absolute atomic E-state index is 0.0470. The second-order valence-corrected chi connectivity index (χ2v) is 5.50. The van der Waals surface area contributed by atoms with Gasteiger partial charge in [0.25, 0.3) is 5.91 Å². The van der Waals surface area contributed by atoms with E-state index in [2.05, 4.69) is 0 Å². The molecule has 2 heterocycles. The van der Waals surface area contributed by atoms with Gasteiger partial charge in [-0.3, -0.25) is 9.59 Å². The summed E-state index contributed by atoms with van der Waals surface area (Å²) in [6.07, 6.45) is 4.16. The molecule has 1 aromatic heterocycles. The quantitative estimate of drug-likeness (QED) is 0.878. The predicted molar refractivity (Wildman–Crippen MR) is 76.7 cm³/mol. The van der Waals surface area contributed by atoms with Gasteiger partial charge in [-0.2, -0.15) is 0 Å². The molecule has 21 heavy (non-hydrogen) atoms. The Morgan fingerprint density at radius 2 is 2.33 bits per heavy atom. The van der Waals surface area contributed by atoms with Gasteiger partial charge in [-0.15, -0.1) is 0 Å². The summed E-state index contributed by atoms with van der Waals surface area (Å²) in [6.45, 7) is 1.60. The fourth-order valence-corrected chi connectivity index (χ4v) is 2.67. The van der Waals surface area contributed by atoms with Gasteiger partial charge in [0.1, 0.15) is 0 Å². The number of likely N-dealkylation sites (tertiary alicyclic amines) is 1. The molecule has 0 spiro atoms. The minimum Gasteiger partial charge on any atom is -0.459 e. The van der Waals surface area contributed by atoms with Crippen LogP contribution in [0, 0.1) is 5.92 Å². The van der Waals surface area contributed by atoms with Gasteiger partial charge < -0.3 is 19.3 Å². The summed E-state index contributed by atoms with van der Waals surface area (Å²) < 4.78 is 5.05. The number of hydrogen-bond acceptors (Lipinski definition) is 4. The Kier molecular flexibility index (Phi) is 5.38. The highest BCUT2D eigenvalue weighted by Crippen LogP contribution is 2.19. The van der Waals surface area contributed by atoms with Crippen molar-refractivity contribution in [2.75, 3.05) is 33.3 Å². The number of amides is 2. The Balaban J connectivity index is 1.87. The maximum absolute atomic E-state index is 12.3.